The Labute approximate surface area is 117 Å². The van der Waals surface area contributed by atoms with Gasteiger partial charge in [-0.3, -0.25) is 0 Å². The van der Waals surface area contributed by atoms with Crippen LogP contribution in [0.25, 0.3) is 0 Å². The molecule has 1 heterocycles. The van der Waals surface area contributed by atoms with E-state index in [0.717, 1.165) is 22.0 Å². The van der Waals surface area contributed by atoms with Crippen LogP contribution in [0, 0.1) is 0 Å². The predicted molar refractivity (Wildman–Crippen MR) is 68.3 cm³/mol. The molecule has 19 heavy (non-hydrogen) atoms. The molecule has 1 aliphatic heterocycles. The summed E-state index contributed by atoms with van der Waals surface area (Å²) in [6.07, 6.45) is -5.52. The van der Waals surface area contributed by atoms with E-state index >= 15 is 0 Å². The zero-order valence-electron chi connectivity index (χ0n) is 10.1. The van der Waals surface area contributed by atoms with Crippen molar-refractivity contribution < 1.29 is 23.0 Å². The predicted octanol–water partition coefficient (Wildman–Crippen LogP) is 3.63. The van der Waals surface area contributed by atoms with Crippen LogP contribution in [-0.4, -0.2) is 24.0 Å². The molecule has 1 aromatic carbocycles. The summed E-state index contributed by atoms with van der Waals surface area (Å²) < 4.78 is 42.6. The van der Waals surface area contributed by atoms with Gasteiger partial charge in [-0.2, -0.15) is 13.2 Å². The Hall–Kier alpha value is -0.750. The average molecular weight is 339 g/mol. The maximum atomic E-state index is 12.1. The Morgan fingerprint density at radius 1 is 1.37 bits per heavy atom. The first-order valence-electron chi connectivity index (χ1n) is 6.04. The SMILES string of the molecule is OC(CCC(F)(F)F)Cc1cc(Br)cc2c1OCC2. The molecule has 0 amide bonds. The van der Waals surface area contributed by atoms with Crippen molar-refractivity contribution in [2.24, 2.45) is 0 Å². The van der Waals surface area contributed by atoms with Crippen LogP contribution in [0.3, 0.4) is 0 Å². The number of hydrogen-bond donors (Lipinski definition) is 1. The molecule has 0 bridgehead atoms. The standard InChI is InChI=1S/C13H14BrF3O2/c14-10-5-8-2-4-19-12(8)9(6-10)7-11(18)1-3-13(15,16)17/h5-6,11,18H,1-4,7H2. The zero-order chi connectivity index (χ0) is 14.0. The Morgan fingerprint density at radius 2 is 2.11 bits per heavy atom. The third-order valence-corrected chi connectivity index (χ3v) is 3.50. The summed E-state index contributed by atoms with van der Waals surface area (Å²) in [6.45, 7) is 0.581. The van der Waals surface area contributed by atoms with Gasteiger partial charge in [0.1, 0.15) is 5.75 Å². The van der Waals surface area contributed by atoms with E-state index in [1.54, 1.807) is 6.07 Å². The van der Waals surface area contributed by atoms with Crippen molar-refractivity contribution in [3.8, 4) is 5.75 Å². The van der Waals surface area contributed by atoms with Gasteiger partial charge in [-0.15, -0.1) is 0 Å². The monoisotopic (exact) mass is 338 g/mol. The second-order valence-electron chi connectivity index (χ2n) is 4.66. The van der Waals surface area contributed by atoms with Crippen molar-refractivity contribution in [1.82, 2.24) is 0 Å². The molecule has 1 N–H and O–H groups in total. The smallest absolute Gasteiger partial charge is 0.389 e. The normalized spacial score (nSPS) is 16.1. The molecule has 0 aliphatic carbocycles. The first kappa shape index (κ1) is 14.7. The molecule has 6 heteroatoms. The average Bonchev–Trinajstić information content (AvgIpc) is 2.73. The summed E-state index contributed by atoms with van der Waals surface area (Å²) in [5, 5.41) is 9.72. The molecule has 2 nitrogen and oxygen atoms in total. The molecule has 1 aliphatic rings. The number of aliphatic hydroxyl groups excluding tert-OH is 1. The van der Waals surface area contributed by atoms with Gasteiger partial charge in [-0.05, 0) is 29.7 Å². The van der Waals surface area contributed by atoms with Gasteiger partial charge >= 0.3 is 6.18 Å². The Kier molecular flexibility index (Phi) is 4.40. The van der Waals surface area contributed by atoms with E-state index in [-0.39, 0.29) is 12.8 Å². The van der Waals surface area contributed by atoms with Gasteiger partial charge in [0.15, 0.2) is 0 Å². The summed E-state index contributed by atoms with van der Waals surface area (Å²) in [7, 11) is 0. The molecule has 0 fully saturated rings. The van der Waals surface area contributed by atoms with Crippen molar-refractivity contribution in [1.29, 1.82) is 0 Å². The summed E-state index contributed by atoms with van der Waals surface area (Å²) >= 11 is 3.36. The lowest BCUT2D eigenvalue weighted by Crippen LogP contribution is -2.16. The minimum absolute atomic E-state index is 0.178. The quantitative estimate of drug-likeness (QED) is 0.908. The number of rotatable bonds is 4. The van der Waals surface area contributed by atoms with E-state index < -0.39 is 18.7 Å². The highest BCUT2D eigenvalue weighted by Crippen LogP contribution is 2.34. The van der Waals surface area contributed by atoms with Gasteiger partial charge in [0.05, 0.1) is 12.7 Å². The highest BCUT2D eigenvalue weighted by Gasteiger charge is 2.28. The van der Waals surface area contributed by atoms with E-state index in [0.29, 0.717) is 12.4 Å². The van der Waals surface area contributed by atoms with Gasteiger partial charge in [0.2, 0.25) is 0 Å². The largest absolute Gasteiger partial charge is 0.493 e. The van der Waals surface area contributed by atoms with Crippen molar-refractivity contribution in [2.75, 3.05) is 6.61 Å². The molecular formula is C13H14BrF3O2. The first-order chi connectivity index (χ1) is 8.85. The van der Waals surface area contributed by atoms with Crippen LogP contribution >= 0.6 is 15.9 Å². The minimum atomic E-state index is -4.23. The number of ether oxygens (including phenoxy) is 1. The lowest BCUT2D eigenvalue weighted by Gasteiger charge is -2.15. The number of aliphatic hydroxyl groups is 1. The van der Waals surface area contributed by atoms with Crippen LogP contribution < -0.4 is 4.74 Å². The fourth-order valence-electron chi connectivity index (χ4n) is 2.18. The molecule has 0 aromatic heterocycles. The third kappa shape index (κ3) is 4.11. The number of fused-ring (bicyclic) bond motifs is 1. The summed E-state index contributed by atoms with van der Waals surface area (Å²) in [5.74, 6) is 0.717. The van der Waals surface area contributed by atoms with Crippen molar-refractivity contribution in [3.63, 3.8) is 0 Å². The maximum absolute atomic E-state index is 12.1. The lowest BCUT2D eigenvalue weighted by atomic mass is 10.0. The molecule has 1 atom stereocenters. The highest BCUT2D eigenvalue weighted by atomic mass is 79.9. The van der Waals surface area contributed by atoms with Gasteiger partial charge < -0.3 is 9.84 Å². The number of hydrogen-bond acceptors (Lipinski definition) is 2. The van der Waals surface area contributed by atoms with Crippen LogP contribution in [-0.2, 0) is 12.8 Å². The number of halogens is 4. The van der Waals surface area contributed by atoms with Crippen LogP contribution in [0.4, 0.5) is 13.2 Å². The van der Waals surface area contributed by atoms with Crippen molar-refractivity contribution in [3.05, 3.63) is 27.7 Å². The molecule has 106 valence electrons. The van der Waals surface area contributed by atoms with E-state index in [1.807, 2.05) is 6.07 Å². The number of benzene rings is 1. The van der Waals surface area contributed by atoms with E-state index in [2.05, 4.69) is 15.9 Å². The Morgan fingerprint density at radius 3 is 2.79 bits per heavy atom. The Balaban J connectivity index is 2.03. The molecular weight excluding hydrogens is 325 g/mol. The van der Waals surface area contributed by atoms with Gasteiger partial charge in [0, 0.05) is 23.7 Å². The minimum Gasteiger partial charge on any atom is -0.493 e. The van der Waals surface area contributed by atoms with Crippen LogP contribution in [0.5, 0.6) is 5.75 Å². The topological polar surface area (TPSA) is 29.5 Å². The van der Waals surface area contributed by atoms with Gasteiger partial charge in [-0.25, -0.2) is 0 Å². The molecule has 0 radical (unpaired) electrons. The lowest BCUT2D eigenvalue weighted by molar-refractivity contribution is -0.139. The maximum Gasteiger partial charge on any atom is 0.389 e. The summed E-state index contributed by atoms with van der Waals surface area (Å²) in [6, 6.07) is 3.73. The first-order valence-corrected chi connectivity index (χ1v) is 6.83. The van der Waals surface area contributed by atoms with Gasteiger partial charge in [-0.1, -0.05) is 15.9 Å². The van der Waals surface area contributed by atoms with Gasteiger partial charge in [0.25, 0.3) is 0 Å². The number of alkyl halides is 3. The molecule has 0 spiro atoms. The second-order valence-corrected chi connectivity index (χ2v) is 5.58. The Bertz CT molecular complexity index is 460. The van der Waals surface area contributed by atoms with Crippen LogP contribution in [0.1, 0.15) is 24.0 Å². The molecule has 0 saturated carbocycles. The van der Waals surface area contributed by atoms with Crippen molar-refractivity contribution in [2.45, 2.75) is 38.0 Å². The molecule has 2 rings (SSSR count). The van der Waals surface area contributed by atoms with Crippen LogP contribution in [0.2, 0.25) is 0 Å². The van der Waals surface area contributed by atoms with Crippen molar-refractivity contribution >= 4 is 15.9 Å². The zero-order valence-corrected chi connectivity index (χ0v) is 11.7. The fraction of sp³-hybridized carbons (Fsp3) is 0.538. The van der Waals surface area contributed by atoms with E-state index in [1.165, 1.54) is 0 Å². The molecule has 1 unspecified atom stereocenters. The third-order valence-electron chi connectivity index (χ3n) is 3.04. The second kappa shape index (κ2) is 5.71. The molecule has 0 saturated heterocycles. The summed E-state index contributed by atoms with van der Waals surface area (Å²) in [5.41, 5.74) is 1.80. The van der Waals surface area contributed by atoms with E-state index in [9.17, 15) is 18.3 Å². The summed E-state index contributed by atoms with van der Waals surface area (Å²) in [4.78, 5) is 0. The van der Waals surface area contributed by atoms with Crippen LogP contribution in [0.15, 0.2) is 16.6 Å². The molecule has 1 aromatic rings. The van der Waals surface area contributed by atoms with E-state index in [4.69, 9.17) is 4.74 Å². The highest BCUT2D eigenvalue weighted by molar-refractivity contribution is 9.10. The fourth-order valence-corrected chi connectivity index (χ4v) is 2.74.